The zero-order valence-electron chi connectivity index (χ0n) is 8.86. The second kappa shape index (κ2) is 5.20. The second-order valence-electron chi connectivity index (χ2n) is 3.09. The van der Waals surface area contributed by atoms with Gasteiger partial charge in [-0.15, -0.1) is 0 Å². The van der Waals surface area contributed by atoms with Gasteiger partial charge in [0.25, 0.3) is 5.91 Å². The van der Waals surface area contributed by atoms with Crippen LogP contribution in [0.2, 0.25) is 0 Å². The van der Waals surface area contributed by atoms with Crippen molar-refractivity contribution in [3.63, 3.8) is 0 Å². The lowest BCUT2D eigenvalue weighted by Crippen LogP contribution is -2.39. The summed E-state index contributed by atoms with van der Waals surface area (Å²) in [6, 6.07) is 1.55. The summed E-state index contributed by atoms with van der Waals surface area (Å²) in [6.07, 6.45) is 1.17. The summed E-state index contributed by atoms with van der Waals surface area (Å²) >= 11 is 0. The van der Waals surface area contributed by atoms with Crippen LogP contribution in [0, 0.1) is 5.95 Å². The van der Waals surface area contributed by atoms with E-state index in [-0.39, 0.29) is 5.56 Å². The molecule has 1 N–H and O–H groups in total. The normalized spacial score (nSPS) is 11.7. The maximum absolute atomic E-state index is 12.7. The lowest BCUT2D eigenvalue weighted by Gasteiger charge is -2.11. The molecule has 1 aromatic rings. The predicted octanol–water partition coefficient (Wildman–Crippen LogP) is 0.512. The van der Waals surface area contributed by atoms with E-state index in [1.54, 1.807) is 0 Å². The molecule has 0 aliphatic carbocycles. The molecule has 0 fully saturated rings. The number of carbonyl (C=O) groups is 2. The van der Waals surface area contributed by atoms with Crippen molar-refractivity contribution in [2.24, 2.45) is 0 Å². The highest BCUT2D eigenvalue weighted by Crippen LogP contribution is 2.01. The Hall–Kier alpha value is -1.98. The molecule has 0 saturated carbocycles. The third-order valence-electron chi connectivity index (χ3n) is 1.89. The summed E-state index contributed by atoms with van der Waals surface area (Å²) in [6.45, 7) is 1.47. The minimum Gasteiger partial charge on any atom is -0.467 e. The summed E-state index contributed by atoms with van der Waals surface area (Å²) in [7, 11) is 1.22. The van der Waals surface area contributed by atoms with Gasteiger partial charge in [-0.25, -0.2) is 9.78 Å². The Balaban J connectivity index is 2.69. The van der Waals surface area contributed by atoms with Crippen molar-refractivity contribution in [1.82, 2.24) is 10.3 Å². The Morgan fingerprint density at radius 2 is 2.25 bits per heavy atom. The van der Waals surface area contributed by atoms with E-state index in [1.165, 1.54) is 26.3 Å². The summed E-state index contributed by atoms with van der Waals surface area (Å²) < 4.78 is 17.1. The van der Waals surface area contributed by atoms with E-state index in [4.69, 9.17) is 0 Å². The SMILES string of the molecule is COC(=O)[C@H](C)NC(=O)c1ccnc(F)c1. The number of pyridine rings is 1. The van der Waals surface area contributed by atoms with Gasteiger partial charge in [0, 0.05) is 17.8 Å². The average Bonchev–Trinajstić information content (AvgIpc) is 2.27. The van der Waals surface area contributed by atoms with Crippen LogP contribution in [0.1, 0.15) is 17.3 Å². The highest BCUT2D eigenvalue weighted by atomic mass is 19.1. The number of hydrogen-bond acceptors (Lipinski definition) is 4. The number of ether oxygens (including phenoxy) is 1. The maximum atomic E-state index is 12.7. The van der Waals surface area contributed by atoms with Gasteiger partial charge in [0.2, 0.25) is 5.95 Å². The van der Waals surface area contributed by atoms with Crippen LogP contribution >= 0.6 is 0 Å². The number of halogens is 1. The molecule has 0 aromatic carbocycles. The number of methoxy groups -OCH3 is 1. The van der Waals surface area contributed by atoms with E-state index in [9.17, 15) is 14.0 Å². The number of carbonyl (C=O) groups excluding carboxylic acids is 2. The number of hydrogen-bond donors (Lipinski definition) is 1. The molecule has 0 unspecified atom stereocenters. The molecular formula is C10H11FN2O3. The monoisotopic (exact) mass is 226 g/mol. The van der Waals surface area contributed by atoms with E-state index in [0.717, 1.165) is 6.07 Å². The first kappa shape index (κ1) is 12.1. The Morgan fingerprint density at radius 1 is 1.56 bits per heavy atom. The number of rotatable bonds is 3. The average molecular weight is 226 g/mol. The molecule has 5 nitrogen and oxygen atoms in total. The van der Waals surface area contributed by atoms with Crippen LogP contribution in [0.15, 0.2) is 18.3 Å². The van der Waals surface area contributed by atoms with Gasteiger partial charge in [0.1, 0.15) is 6.04 Å². The van der Waals surface area contributed by atoms with Crippen molar-refractivity contribution in [3.8, 4) is 0 Å². The minimum atomic E-state index is -0.784. The van der Waals surface area contributed by atoms with Crippen molar-refractivity contribution >= 4 is 11.9 Å². The first-order chi connectivity index (χ1) is 7.54. The molecule has 6 heteroatoms. The molecule has 0 spiro atoms. The van der Waals surface area contributed by atoms with Crippen LogP contribution in [0.3, 0.4) is 0 Å². The van der Waals surface area contributed by atoms with Crippen LogP contribution < -0.4 is 5.32 Å². The molecule has 1 heterocycles. The van der Waals surface area contributed by atoms with Gasteiger partial charge in [-0.2, -0.15) is 4.39 Å². The van der Waals surface area contributed by atoms with Gasteiger partial charge in [-0.1, -0.05) is 0 Å². The predicted molar refractivity (Wildman–Crippen MR) is 53.1 cm³/mol. The molecule has 0 bridgehead atoms. The van der Waals surface area contributed by atoms with Gasteiger partial charge in [0.05, 0.1) is 7.11 Å². The molecule has 16 heavy (non-hydrogen) atoms. The Morgan fingerprint density at radius 3 is 2.81 bits per heavy atom. The van der Waals surface area contributed by atoms with E-state index in [2.05, 4.69) is 15.0 Å². The fraction of sp³-hybridized carbons (Fsp3) is 0.300. The van der Waals surface area contributed by atoms with Gasteiger partial charge >= 0.3 is 5.97 Å². The smallest absolute Gasteiger partial charge is 0.328 e. The molecule has 86 valence electrons. The lowest BCUT2D eigenvalue weighted by molar-refractivity contribution is -0.142. The Kier molecular flexibility index (Phi) is 3.93. The Bertz CT molecular complexity index is 409. The first-order valence-electron chi connectivity index (χ1n) is 4.55. The highest BCUT2D eigenvalue weighted by Gasteiger charge is 2.16. The van der Waals surface area contributed by atoms with E-state index >= 15 is 0 Å². The Labute approximate surface area is 91.6 Å². The molecule has 1 atom stereocenters. The summed E-state index contributed by atoms with van der Waals surface area (Å²) in [5.74, 6) is -1.87. The largest absolute Gasteiger partial charge is 0.467 e. The quantitative estimate of drug-likeness (QED) is 0.602. The van der Waals surface area contributed by atoms with E-state index in [0.29, 0.717) is 0 Å². The summed E-state index contributed by atoms with van der Waals surface area (Å²) in [4.78, 5) is 25.9. The van der Waals surface area contributed by atoms with Crippen molar-refractivity contribution in [2.75, 3.05) is 7.11 Å². The van der Waals surface area contributed by atoms with Crippen molar-refractivity contribution < 1.29 is 18.7 Å². The molecule has 0 aliphatic heterocycles. The zero-order chi connectivity index (χ0) is 12.1. The number of nitrogens with zero attached hydrogens (tertiary/aromatic N) is 1. The third kappa shape index (κ3) is 3.01. The maximum Gasteiger partial charge on any atom is 0.328 e. The third-order valence-corrected chi connectivity index (χ3v) is 1.89. The van der Waals surface area contributed by atoms with Crippen LogP contribution in [0.5, 0.6) is 0 Å². The molecule has 1 rings (SSSR count). The van der Waals surface area contributed by atoms with E-state index in [1.807, 2.05) is 0 Å². The molecule has 1 aromatic heterocycles. The van der Waals surface area contributed by atoms with E-state index < -0.39 is 23.9 Å². The number of aromatic nitrogens is 1. The van der Waals surface area contributed by atoms with Crippen LogP contribution in [-0.2, 0) is 9.53 Å². The van der Waals surface area contributed by atoms with Gasteiger partial charge in [-0.3, -0.25) is 4.79 Å². The van der Waals surface area contributed by atoms with Crippen molar-refractivity contribution in [1.29, 1.82) is 0 Å². The molecule has 0 aliphatic rings. The number of amides is 1. The standard InChI is InChI=1S/C10H11FN2O3/c1-6(10(15)16-2)13-9(14)7-3-4-12-8(11)5-7/h3-6H,1-2H3,(H,13,14)/t6-/m0/s1. The topological polar surface area (TPSA) is 68.3 Å². The zero-order valence-corrected chi connectivity index (χ0v) is 8.86. The fourth-order valence-corrected chi connectivity index (χ4v) is 1.06. The second-order valence-corrected chi connectivity index (χ2v) is 3.09. The fourth-order valence-electron chi connectivity index (χ4n) is 1.06. The number of esters is 1. The van der Waals surface area contributed by atoms with Crippen LogP contribution in [0.4, 0.5) is 4.39 Å². The number of nitrogens with one attached hydrogen (secondary N) is 1. The molecule has 1 amide bonds. The summed E-state index contributed by atoms with van der Waals surface area (Å²) in [5.41, 5.74) is 0.100. The summed E-state index contributed by atoms with van der Waals surface area (Å²) in [5, 5.41) is 2.37. The molecule has 0 radical (unpaired) electrons. The van der Waals surface area contributed by atoms with Gasteiger partial charge < -0.3 is 10.1 Å². The first-order valence-corrected chi connectivity index (χ1v) is 4.55. The van der Waals surface area contributed by atoms with Crippen LogP contribution in [0.25, 0.3) is 0 Å². The van der Waals surface area contributed by atoms with Gasteiger partial charge in [0.15, 0.2) is 0 Å². The molecule has 0 saturated heterocycles. The van der Waals surface area contributed by atoms with Gasteiger partial charge in [-0.05, 0) is 13.0 Å². The minimum absolute atomic E-state index is 0.100. The van der Waals surface area contributed by atoms with Crippen LogP contribution in [-0.4, -0.2) is 30.0 Å². The highest BCUT2D eigenvalue weighted by molar-refractivity contribution is 5.96. The molecular weight excluding hydrogens is 215 g/mol. The van der Waals surface area contributed by atoms with Crippen molar-refractivity contribution in [2.45, 2.75) is 13.0 Å². The lowest BCUT2D eigenvalue weighted by atomic mass is 10.2. The van der Waals surface area contributed by atoms with Crippen molar-refractivity contribution in [3.05, 3.63) is 29.8 Å².